The Morgan fingerprint density at radius 1 is 1.30 bits per heavy atom. The van der Waals surface area contributed by atoms with Gasteiger partial charge in [-0.15, -0.1) is 24.0 Å². The fourth-order valence-electron chi connectivity index (χ4n) is 2.04. The van der Waals surface area contributed by atoms with Gasteiger partial charge in [-0.25, -0.2) is 4.99 Å². The SMILES string of the molecule is CCNC(=NCc1ncccc1C)NCCNC(=O)C1CC1.I. The highest BCUT2D eigenvalue weighted by molar-refractivity contribution is 14.0. The molecule has 0 unspecified atom stereocenters. The Morgan fingerprint density at radius 2 is 2.04 bits per heavy atom. The lowest BCUT2D eigenvalue weighted by Gasteiger charge is -2.12. The van der Waals surface area contributed by atoms with Crippen LogP contribution >= 0.6 is 24.0 Å². The number of nitrogens with zero attached hydrogens (tertiary/aromatic N) is 2. The van der Waals surface area contributed by atoms with Crippen LogP contribution in [0.2, 0.25) is 0 Å². The molecule has 6 nitrogen and oxygen atoms in total. The second-order valence-electron chi connectivity index (χ2n) is 5.45. The van der Waals surface area contributed by atoms with Crippen LogP contribution in [0.25, 0.3) is 0 Å². The van der Waals surface area contributed by atoms with E-state index >= 15 is 0 Å². The van der Waals surface area contributed by atoms with Crippen molar-refractivity contribution >= 4 is 35.8 Å². The van der Waals surface area contributed by atoms with Crippen molar-refractivity contribution in [3.05, 3.63) is 29.6 Å². The van der Waals surface area contributed by atoms with Crippen LogP contribution in [0.4, 0.5) is 0 Å². The van der Waals surface area contributed by atoms with Gasteiger partial charge in [0.2, 0.25) is 5.91 Å². The zero-order valence-corrected chi connectivity index (χ0v) is 16.1. The number of aliphatic imine (C=N–C) groups is 1. The molecule has 7 heteroatoms. The third-order valence-electron chi connectivity index (χ3n) is 3.51. The maximum Gasteiger partial charge on any atom is 0.223 e. The number of amides is 1. The highest BCUT2D eigenvalue weighted by Crippen LogP contribution is 2.28. The lowest BCUT2D eigenvalue weighted by Crippen LogP contribution is -2.41. The summed E-state index contributed by atoms with van der Waals surface area (Å²) in [5, 5.41) is 9.34. The Labute approximate surface area is 155 Å². The standard InChI is InChI=1S/C16H25N5O.HI/c1-3-17-16(20-10-9-19-15(22)13-6-7-13)21-11-14-12(2)5-4-8-18-14;/h4-5,8,13H,3,6-7,9-11H2,1-2H3,(H,19,22)(H2,17,20,21);1H. The van der Waals surface area contributed by atoms with Gasteiger partial charge >= 0.3 is 0 Å². The predicted octanol–water partition coefficient (Wildman–Crippen LogP) is 1.59. The summed E-state index contributed by atoms with van der Waals surface area (Å²) in [4.78, 5) is 20.4. The molecule has 0 aromatic carbocycles. The first-order chi connectivity index (χ1) is 10.7. The van der Waals surface area contributed by atoms with Crippen LogP contribution in [0.15, 0.2) is 23.3 Å². The Morgan fingerprint density at radius 3 is 2.70 bits per heavy atom. The average molecular weight is 431 g/mol. The molecule has 1 aromatic heterocycles. The summed E-state index contributed by atoms with van der Waals surface area (Å²) in [6, 6.07) is 3.96. The van der Waals surface area contributed by atoms with E-state index in [2.05, 4.69) is 25.9 Å². The number of nitrogens with one attached hydrogen (secondary N) is 3. The van der Waals surface area contributed by atoms with Crippen molar-refractivity contribution in [3.63, 3.8) is 0 Å². The normalized spacial score (nSPS) is 13.9. The number of hydrogen-bond acceptors (Lipinski definition) is 3. The number of aryl methyl sites for hydroxylation is 1. The average Bonchev–Trinajstić information content (AvgIpc) is 3.35. The van der Waals surface area contributed by atoms with E-state index in [0.717, 1.165) is 36.6 Å². The van der Waals surface area contributed by atoms with Crippen LogP contribution in [0.3, 0.4) is 0 Å². The van der Waals surface area contributed by atoms with Crippen molar-refractivity contribution in [1.29, 1.82) is 0 Å². The number of aromatic nitrogens is 1. The second-order valence-corrected chi connectivity index (χ2v) is 5.45. The van der Waals surface area contributed by atoms with Crippen molar-refractivity contribution in [1.82, 2.24) is 20.9 Å². The maximum absolute atomic E-state index is 11.5. The predicted molar refractivity (Wildman–Crippen MR) is 103 cm³/mol. The van der Waals surface area contributed by atoms with E-state index in [9.17, 15) is 4.79 Å². The van der Waals surface area contributed by atoms with E-state index in [1.807, 2.05) is 26.0 Å². The first kappa shape index (κ1) is 19.7. The summed E-state index contributed by atoms with van der Waals surface area (Å²) in [5.41, 5.74) is 2.11. The van der Waals surface area contributed by atoms with Gasteiger partial charge in [0.1, 0.15) is 0 Å². The van der Waals surface area contributed by atoms with E-state index in [1.54, 1.807) is 6.20 Å². The minimum Gasteiger partial charge on any atom is -0.357 e. The van der Waals surface area contributed by atoms with Crippen LogP contribution in [-0.4, -0.2) is 36.5 Å². The van der Waals surface area contributed by atoms with Gasteiger partial charge in [-0.2, -0.15) is 0 Å². The third kappa shape index (κ3) is 7.15. The first-order valence-electron chi connectivity index (χ1n) is 7.91. The largest absolute Gasteiger partial charge is 0.357 e. The molecular weight excluding hydrogens is 405 g/mol. The second kappa shape index (κ2) is 10.4. The van der Waals surface area contributed by atoms with Crippen molar-refractivity contribution < 1.29 is 4.79 Å². The zero-order chi connectivity index (χ0) is 15.8. The molecule has 2 rings (SSSR count). The van der Waals surface area contributed by atoms with Crippen LogP contribution in [0.1, 0.15) is 31.0 Å². The van der Waals surface area contributed by atoms with Gasteiger partial charge in [0.15, 0.2) is 5.96 Å². The van der Waals surface area contributed by atoms with Gasteiger partial charge < -0.3 is 16.0 Å². The number of halogens is 1. The Balaban J connectivity index is 0.00000264. The molecule has 1 aliphatic carbocycles. The molecule has 0 spiro atoms. The maximum atomic E-state index is 11.5. The van der Waals surface area contributed by atoms with Crippen LogP contribution in [0, 0.1) is 12.8 Å². The number of carbonyl (C=O) groups is 1. The Hall–Kier alpha value is -1.38. The minimum absolute atomic E-state index is 0. The van der Waals surface area contributed by atoms with E-state index in [-0.39, 0.29) is 35.8 Å². The van der Waals surface area contributed by atoms with Gasteiger partial charge in [-0.3, -0.25) is 9.78 Å². The summed E-state index contributed by atoms with van der Waals surface area (Å²) in [7, 11) is 0. The van der Waals surface area contributed by atoms with Gasteiger partial charge in [0.05, 0.1) is 12.2 Å². The highest BCUT2D eigenvalue weighted by atomic mass is 127. The van der Waals surface area contributed by atoms with Crippen LogP contribution < -0.4 is 16.0 Å². The molecule has 3 N–H and O–H groups in total. The molecule has 1 amide bonds. The topological polar surface area (TPSA) is 78.4 Å². The number of hydrogen-bond donors (Lipinski definition) is 3. The monoisotopic (exact) mass is 431 g/mol. The molecule has 128 valence electrons. The molecule has 1 aromatic rings. The van der Waals surface area contributed by atoms with Gasteiger partial charge in [0, 0.05) is 31.7 Å². The Bertz CT molecular complexity index is 531. The number of guanidine groups is 1. The van der Waals surface area contributed by atoms with Crippen molar-refractivity contribution in [2.75, 3.05) is 19.6 Å². The van der Waals surface area contributed by atoms with E-state index in [4.69, 9.17) is 0 Å². The molecule has 1 aliphatic rings. The van der Waals surface area contributed by atoms with Gasteiger partial charge in [-0.05, 0) is 38.3 Å². The summed E-state index contributed by atoms with van der Waals surface area (Å²) in [6.45, 7) is 6.66. The van der Waals surface area contributed by atoms with Crippen LogP contribution in [0.5, 0.6) is 0 Å². The van der Waals surface area contributed by atoms with Crippen molar-refractivity contribution in [2.24, 2.45) is 10.9 Å². The molecule has 1 heterocycles. The van der Waals surface area contributed by atoms with Crippen LogP contribution in [-0.2, 0) is 11.3 Å². The summed E-state index contributed by atoms with van der Waals surface area (Å²) < 4.78 is 0. The molecule has 23 heavy (non-hydrogen) atoms. The lowest BCUT2D eigenvalue weighted by atomic mass is 10.2. The molecule has 0 atom stereocenters. The summed E-state index contributed by atoms with van der Waals surface area (Å²) >= 11 is 0. The number of carbonyl (C=O) groups excluding carboxylic acids is 1. The lowest BCUT2D eigenvalue weighted by molar-refractivity contribution is -0.122. The smallest absolute Gasteiger partial charge is 0.223 e. The van der Waals surface area contributed by atoms with E-state index in [0.29, 0.717) is 19.6 Å². The van der Waals surface area contributed by atoms with E-state index < -0.39 is 0 Å². The molecule has 1 saturated carbocycles. The summed E-state index contributed by atoms with van der Waals surface area (Å²) in [5.74, 6) is 1.18. The van der Waals surface area contributed by atoms with Crippen molar-refractivity contribution in [2.45, 2.75) is 33.2 Å². The number of pyridine rings is 1. The number of rotatable bonds is 7. The molecule has 0 saturated heterocycles. The molecule has 0 radical (unpaired) electrons. The van der Waals surface area contributed by atoms with Crippen molar-refractivity contribution in [3.8, 4) is 0 Å². The minimum atomic E-state index is 0. The molecule has 1 fully saturated rings. The third-order valence-corrected chi connectivity index (χ3v) is 3.51. The van der Waals surface area contributed by atoms with E-state index in [1.165, 1.54) is 0 Å². The molecule has 0 aliphatic heterocycles. The fourth-order valence-corrected chi connectivity index (χ4v) is 2.04. The molecular formula is C16H26IN5O. The summed E-state index contributed by atoms with van der Waals surface area (Å²) in [6.07, 6.45) is 3.85. The molecule has 0 bridgehead atoms. The zero-order valence-electron chi connectivity index (χ0n) is 13.8. The fraction of sp³-hybridized carbons (Fsp3) is 0.562. The first-order valence-corrected chi connectivity index (χ1v) is 7.91. The quantitative estimate of drug-likeness (QED) is 0.265. The van der Waals surface area contributed by atoms with Gasteiger partial charge in [0.25, 0.3) is 0 Å². The Kier molecular flexibility index (Phi) is 8.90. The highest BCUT2D eigenvalue weighted by Gasteiger charge is 2.28. The van der Waals surface area contributed by atoms with Gasteiger partial charge in [-0.1, -0.05) is 6.07 Å².